The Labute approximate surface area is 180 Å². The number of hydrogen-bond donors (Lipinski definition) is 2. The van der Waals surface area contributed by atoms with Gasteiger partial charge in [0.25, 0.3) is 17.4 Å². The number of hydrogen-bond acceptors (Lipinski definition) is 6. The van der Waals surface area contributed by atoms with Crippen LogP contribution in [0.5, 0.6) is 5.75 Å². The van der Waals surface area contributed by atoms with Gasteiger partial charge in [-0.25, -0.2) is 8.42 Å². The van der Waals surface area contributed by atoms with Crippen molar-refractivity contribution in [3.05, 3.63) is 58.5 Å². The molecule has 1 heterocycles. The van der Waals surface area contributed by atoms with Crippen LogP contribution in [-0.4, -0.2) is 48.8 Å². The van der Waals surface area contributed by atoms with Crippen molar-refractivity contribution in [2.24, 2.45) is 0 Å². The van der Waals surface area contributed by atoms with E-state index in [1.165, 1.54) is 10.4 Å². The van der Waals surface area contributed by atoms with Crippen LogP contribution < -0.4 is 21.1 Å². The minimum atomic E-state index is -3.78. The van der Waals surface area contributed by atoms with Gasteiger partial charge >= 0.3 is 0 Å². The predicted octanol–water partition coefficient (Wildman–Crippen LogP) is 0.414. The highest BCUT2D eigenvalue weighted by Gasteiger charge is 2.22. The van der Waals surface area contributed by atoms with Crippen molar-refractivity contribution < 1.29 is 22.7 Å². The van der Waals surface area contributed by atoms with Crippen LogP contribution in [0.2, 0.25) is 0 Å². The van der Waals surface area contributed by atoms with Gasteiger partial charge in [0.2, 0.25) is 10.0 Å². The molecule has 0 bridgehead atoms. The molecule has 0 fully saturated rings. The molecule has 0 saturated heterocycles. The highest BCUT2D eigenvalue weighted by atomic mass is 32.2. The minimum Gasteiger partial charge on any atom is -0.484 e. The number of aryl methyl sites for hydroxylation is 1. The third-order valence-corrected chi connectivity index (χ3v) is 6.35. The van der Waals surface area contributed by atoms with E-state index in [2.05, 4.69) is 10.9 Å². The van der Waals surface area contributed by atoms with Crippen LogP contribution in [0.4, 0.5) is 0 Å². The number of hydrazine groups is 1. The summed E-state index contributed by atoms with van der Waals surface area (Å²) < 4.78 is 32.7. The molecule has 2 N–H and O–H groups in total. The standard InChI is InChI=1S/C20H26N4O6S/c1-4-24(5-2)31(28,29)17-9-10-20(27)23(12-17)13-18(25)21-22-19(26)14-30-16-8-6-7-15(3)11-16/h6-12H,4-5,13-14H2,1-3H3,(H,21,25)(H,22,26). The summed E-state index contributed by atoms with van der Waals surface area (Å²) >= 11 is 0. The number of sulfonamides is 1. The fourth-order valence-electron chi connectivity index (χ4n) is 2.72. The normalized spacial score (nSPS) is 11.2. The molecule has 0 aliphatic rings. The van der Waals surface area contributed by atoms with Crippen LogP contribution in [0.3, 0.4) is 0 Å². The molecule has 10 nitrogen and oxygen atoms in total. The zero-order valence-corrected chi connectivity index (χ0v) is 18.4. The van der Waals surface area contributed by atoms with Crippen molar-refractivity contribution in [1.82, 2.24) is 19.7 Å². The monoisotopic (exact) mass is 450 g/mol. The second kappa shape index (κ2) is 10.7. The Morgan fingerprint density at radius 1 is 1.06 bits per heavy atom. The molecule has 2 rings (SSSR count). The molecule has 1 aromatic heterocycles. The predicted molar refractivity (Wildman–Crippen MR) is 114 cm³/mol. The van der Waals surface area contributed by atoms with Crippen molar-refractivity contribution in [3.63, 3.8) is 0 Å². The van der Waals surface area contributed by atoms with Gasteiger partial charge in [0.15, 0.2) is 6.61 Å². The maximum absolute atomic E-state index is 12.6. The van der Waals surface area contributed by atoms with E-state index >= 15 is 0 Å². The van der Waals surface area contributed by atoms with Crippen molar-refractivity contribution in [2.45, 2.75) is 32.2 Å². The summed E-state index contributed by atoms with van der Waals surface area (Å²) in [4.78, 5) is 35.9. The van der Waals surface area contributed by atoms with Crippen LogP contribution in [-0.2, 0) is 26.2 Å². The van der Waals surface area contributed by atoms with E-state index in [4.69, 9.17) is 4.74 Å². The molecule has 2 aromatic rings. The van der Waals surface area contributed by atoms with Gasteiger partial charge in [-0.15, -0.1) is 0 Å². The van der Waals surface area contributed by atoms with E-state index in [9.17, 15) is 22.8 Å². The van der Waals surface area contributed by atoms with Gasteiger partial charge in [-0.1, -0.05) is 26.0 Å². The lowest BCUT2D eigenvalue weighted by Crippen LogP contribution is -2.46. The average molecular weight is 451 g/mol. The maximum atomic E-state index is 12.6. The summed E-state index contributed by atoms with van der Waals surface area (Å²) in [6, 6.07) is 9.42. The molecule has 0 saturated carbocycles. The fourth-order valence-corrected chi connectivity index (χ4v) is 4.20. The number of benzene rings is 1. The molecule has 0 unspecified atom stereocenters. The summed E-state index contributed by atoms with van der Waals surface area (Å²) in [6.07, 6.45) is 1.11. The lowest BCUT2D eigenvalue weighted by Gasteiger charge is -2.19. The van der Waals surface area contributed by atoms with Crippen LogP contribution in [0.25, 0.3) is 0 Å². The molecule has 0 aliphatic carbocycles. The number of amides is 2. The van der Waals surface area contributed by atoms with Crippen molar-refractivity contribution in [1.29, 1.82) is 0 Å². The smallest absolute Gasteiger partial charge is 0.276 e. The number of ether oxygens (including phenoxy) is 1. The summed E-state index contributed by atoms with van der Waals surface area (Å²) in [5.41, 5.74) is 4.78. The van der Waals surface area contributed by atoms with Crippen LogP contribution in [0, 0.1) is 6.92 Å². The summed E-state index contributed by atoms with van der Waals surface area (Å²) in [6.45, 7) is 5.05. The maximum Gasteiger partial charge on any atom is 0.276 e. The highest BCUT2D eigenvalue weighted by molar-refractivity contribution is 7.89. The van der Waals surface area contributed by atoms with Gasteiger partial charge in [-0.3, -0.25) is 25.2 Å². The molecule has 31 heavy (non-hydrogen) atoms. The number of nitrogens with one attached hydrogen (secondary N) is 2. The number of rotatable bonds is 9. The largest absolute Gasteiger partial charge is 0.484 e. The molecule has 168 valence electrons. The topological polar surface area (TPSA) is 127 Å². The lowest BCUT2D eigenvalue weighted by atomic mass is 10.2. The first kappa shape index (κ1) is 24.1. The zero-order valence-electron chi connectivity index (χ0n) is 17.6. The van der Waals surface area contributed by atoms with Crippen molar-refractivity contribution in [2.75, 3.05) is 19.7 Å². The Hall–Kier alpha value is -3.18. The Morgan fingerprint density at radius 2 is 1.74 bits per heavy atom. The van der Waals surface area contributed by atoms with Gasteiger partial charge in [-0.2, -0.15) is 4.31 Å². The first-order chi connectivity index (χ1) is 14.7. The third-order valence-electron chi connectivity index (χ3n) is 4.31. The first-order valence-corrected chi connectivity index (χ1v) is 11.1. The second-order valence-electron chi connectivity index (χ2n) is 6.62. The quantitative estimate of drug-likeness (QED) is 0.533. The number of pyridine rings is 1. The number of aromatic nitrogens is 1. The molecule has 1 aromatic carbocycles. The Balaban J connectivity index is 1.96. The molecular weight excluding hydrogens is 424 g/mol. The third kappa shape index (κ3) is 6.66. The molecule has 0 radical (unpaired) electrons. The summed E-state index contributed by atoms with van der Waals surface area (Å²) in [5, 5.41) is 0. The minimum absolute atomic E-state index is 0.0980. The van der Waals surface area contributed by atoms with Crippen LogP contribution in [0.1, 0.15) is 19.4 Å². The molecule has 0 spiro atoms. The van der Waals surface area contributed by atoms with E-state index in [0.29, 0.717) is 5.75 Å². The average Bonchev–Trinajstić information content (AvgIpc) is 2.73. The van der Waals surface area contributed by atoms with Crippen LogP contribution >= 0.6 is 0 Å². The first-order valence-electron chi connectivity index (χ1n) is 9.65. The van der Waals surface area contributed by atoms with E-state index in [-0.39, 0.29) is 24.6 Å². The Morgan fingerprint density at radius 3 is 2.39 bits per heavy atom. The SMILES string of the molecule is CCN(CC)S(=O)(=O)c1ccc(=O)n(CC(=O)NNC(=O)COc2cccc(C)c2)c1. The Bertz CT molecular complexity index is 1090. The molecule has 2 amide bonds. The second-order valence-corrected chi connectivity index (χ2v) is 8.56. The molecule has 11 heteroatoms. The van der Waals surface area contributed by atoms with E-state index in [1.54, 1.807) is 32.0 Å². The molecular formula is C20H26N4O6S. The molecule has 0 atom stereocenters. The fraction of sp³-hybridized carbons (Fsp3) is 0.350. The van der Waals surface area contributed by atoms with Gasteiger partial charge in [-0.05, 0) is 30.7 Å². The van der Waals surface area contributed by atoms with E-state index < -0.39 is 33.9 Å². The number of carbonyl (C=O) groups is 2. The highest BCUT2D eigenvalue weighted by Crippen LogP contribution is 2.13. The van der Waals surface area contributed by atoms with Crippen molar-refractivity contribution >= 4 is 21.8 Å². The van der Waals surface area contributed by atoms with Gasteiger partial charge in [0.05, 0.1) is 4.90 Å². The Kier molecular flexibility index (Phi) is 8.34. The van der Waals surface area contributed by atoms with Crippen LogP contribution in [0.15, 0.2) is 52.3 Å². The lowest BCUT2D eigenvalue weighted by molar-refractivity contribution is -0.130. The summed E-state index contributed by atoms with van der Waals surface area (Å²) in [7, 11) is -3.78. The zero-order chi connectivity index (χ0) is 23.0. The van der Waals surface area contributed by atoms with Gasteiger partial charge < -0.3 is 9.30 Å². The number of nitrogens with zero attached hydrogens (tertiary/aromatic N) is 2. The van der Waals surface area contributed by atoms with E-state index in [0.717, 1.165) is 22.4 Å². The van der Waals surface area contributed by atoms with Gasteiger partial charge in [0.1, 0.15) is 12.3 Å². The number of carbonyl (C=O) groups excluding carboxylic acids is 2. The van der Waals surface area contributed by atoms with Crippen molar-refractivity contribution in [3.8, 4) is 5.75 Å². The summed E-state index contributed by atoms with van der Waals surface area (Å²) in [5.74, 6) is -0.789. The van der Waals surface area contributed by atoms with Gasteiger partial charge in [0, 0.05) is 25.4 Å². The molecule has 0 aliphatic heterocycles. The van der Waals surface area contributed by atoms with E-state index in [1.807, 2.05) is 13.0 Å².